The predicted molar refractivity (Wildman–Crippen MR) is 89.3 cm³/mol. The van der Waals surface area contributed by atoms with E-state index in [1.165, 1.54) is 10.4 Å². The lowest BCUT2D eigenvalue weighted by atomic mass is 10.1. The molecule has 1 amide bonds. The lowest BCUT2D eigenvalue weighted by Gasteiger charge is -2.14. The lowest BCUT2D eigenvalue weighted by molar-refractivity contribution is -0.675. The minimum absolute atomic E-state index is 0.101. The third kappa shape index (κ3) is 4.06. The van der Waals surface area contributed by atoms with Crippen LogP contribution in [-0.2, 0) is 4.79 Å². The van der Waals surface area contributed by atoms with Crippen LogP contribution in [0.15, 0.2) is 58.4 Å². The van der Waals surface area contributed by atoms with Crippen LogP contribution in [0, 0.1) is 6.92 Å². The molecule has 0 saturated heterocycles. The Morgan fingerprint density at radius 3 is 2.78 bits per heavy atom. The Bertz CT molecular complexity index is 753. The summed E-state index contributed by atoms with van der Waals surface area (Å²) < 4.78 is 4.95. The quantitative estimate of drug-likeness (QED) is 0.729. The van der Waals surface area contributed by atoms with Crippen LogP contribution in [0.1, 0.15) is 22.2 Å². The van der Waals surface area contributed by atoms with E-state index < -0.39 is 0 Å². The van der Waals surface area contributed by atoms with Gasteiger partial charge in [0, 0.05) is 11.6 Å². The standard InChI is InChI=1S/C17H17N3O2S/c1-12-10-15(20-22-12)19-16(21)11-18-17(14-8-5-9-23-14)13-6-3-2-4-7-13/h2-10,17-18H,11H2,1H3,(H,19,20,21)/p+1/t17-/m0/s1. The molecule has 0 spiro atoms. The summed E-state index contributed by atoms with van der Waals surface area (Å²) in [6, 6.07) is 16.1. The molecule has 0 unspecified atom stereocenters. The zero-order chi connectivity index (χ0) is 16.1. The summed E-state index contributed by atoms with van der Waals surface area (Å²) in [4.78, 5) is 13.3. The van der Waals surface area contributed by atoms with E-state index in [-0.39, 0.29) is 11.9 Å². The number of nitrogens with two attached hydrogens (primary N) is 1. The first-order valence-electron chi connectivity index (χ1n) is 7.37. The predicted octanol–water partition coefficient (Wildman–Crippen LogP) is 2.34. The van der Waals surface area contributed by atoms with Crippen molar-refractivity contribution in [1.29, 1.82) is 0 Å². The molecule has 0 aliphatic heterocycles. The molecule has 0 bridgehead atoms. The maximum absolute atomic E-state index is 12.1. The number of aryl methyl sites for hydroxylation is 1. The van der Waals surface area contributed by atoms with Gasteiger partial charge in [-0.15, -0.1) is 11.3 Å². The molecule has 5 nitrogen and oxygen atoms in total. The number of quaternary nitrogens is 1. The summed E-state index contributed by atoms with van der Waals surface area (Å²) in [7, 11) is 0. The van der Waals surface area contributed by atoms with Gasteiger partial charge in [-0.25, -0.2) is 0 Å². The minimum Gasteiger partial charge on any atom is -0.360 e. The Kier molecular flexibility index (Phi) is 4.85. The van der Waals surface area contributed by atoms with Gasteiger partial charge in [0.15, 0.2) is 12.4 Å². The van der Waals surface area contributed by atoms with Gasteiger partial charge in [0.05, 0.1) is 4.88 Å². The van der Waals surface area contributed by atoms with E-state index in [1.807, 2.05) is 29.6 Å². The van der Waals surface area contributed by atoms with Gasteiger partial charge in [0.2, 0.25) is 0 Å². The maximum Gasteiger partial charge on any atom is 0.280 e. The van der Waals surface area contributed by atoms with Crippen molar-refractivity contribution in [2.75, 3.05) is 11.9 Å². The second-order valence-electron chi connectivity index (χ2n) is 5.21. The summed E-state index contributed by atoms with van der Waals surface area (Å²) in [5.74, 6) is 1.02. The fraction of sp³-hybridized carbons (Fsp3) is 0.176. The van der Waals surface area contributed by atoms with Crippen LogP contribution in [0.3, 0.4) is 0 Å². The number of nitrogens with one attached hydrogen (secondary N) is 1. The molecule has 1 aromatic carbocycles. The monoisotopic (exact) mass is 328 g/mol. The molecule has 3 N–H and O–H groups in total. The fourth-order valence-corrected chi connectivity index (χ4v) is 3.24. The highest BCUT2D eigenvalue weighted by Crippen LogP contribution is 2.22. The molecule has 6 heteroatoms. The zero-order valence-electron chi connectivity index (χ0n) is 12.7. The molecule has 2 heterocycles. The largest absolute Gasteiger partial charge is 0.360 e. The number of nitrogens with zero attached hydrogens (tertiary/aromatic N) is 1. The number of carbonyl (C=O) groups is 1. The van der Waals surface area contributed by atoms with Crippen molar-refractivity contribution in [2.45, 2.75) is 13.0 Å². The van der Waals surface area contributed by atoms with Crippen molar-refractivity contribution >= 4 is 23.1 Å². The number of hydrogen-bond acceptors (Lipinski definition) is 4. The summed E-state index contributed by atoms with van der Waals surface area (Å²) >= 11 is 1.69. The summed E-state index contributed by atoms with van der Waals surface area (Å²) in [5, 5.41) is 10.6. The Morgan fingerprint density at radius 2 is 2.13 bits per heavy atom. The molecular formula is C17H18N3O2S+. The summed E-state index contributed by atoms with van der Waals surface area (Å²) in [5.41, 5.74) is 1.18. The minimum atomic E-state index is -0.101. The summed E-state index contributed by atoms with van der Waals surface area (Å²) in [6.07, 6.45) is 0. The number of benzene rings is 1. The van der Waals surface area contributed by atoms with Crippen LogP contribution >= 0.6 is 11.3 Å². The van der Waals surface area contributed by atoms with Gasteiger partial charge in [0.25, 0.3) is 5.91 Å². The van der Waals surface area contributed by atoms with Crippen LogP contribution in [0.4, 0.5) is 5.82 Å². The molecule has 0 aliphatic carbocycles. The topological polar surface area (TPSA) is 71.7 Å². The number of anilines is 1. The van der Waals surface area contributed by atoms with Gasteiger partial charge < -0.3 is 15.2 Å². The van der Waals surface area contributed by atoms with Crippen LogP contribution in [-0.4, -0.2) is 17.6 Å². The van der Waals surface area contributed by atoms with Crippen LogP contribution in [0.2, 0.25) is 0 Å². The molecule has 0 saturated carbocycles. The molecule has 0 radical (unpaired) electrons. The van der Waals surface area contributed by atoms with Crippen molar-refractivity contribution in [2.24, 2.45) is 0 Å². The first-order valence-corrected chi connectivity index (χ1v) is 8.25. The van der Waals surface area contributed by atoms with E-state index in [0.29, 0.717) is 18.1 Å². The van der Waals surface area contributed by atoms with Crippen molar-refractivity contribution < 1.29 is 14.6 Å². The Morgan fingerprint density at radius 1 is 1.30 bits per heavy atom. The Hall–Kier alpha value is -2.44. The SMILES string of the molecule is Cc1cc(NC(=O)C[NH2+][C@@H](c2ccccc2)c2cccs2)no1. The average molecular weight is 328 g/mol. The molecule has 2 aromatic heterocycles. The van der Waals surface area contributed by atoms with E-state index >= 15 is 0 Å². The van der Waals surface area contributed by atoms with Crippen molar-refractivity contribution in [3.8, 4) is 0 Å². The van der Waals surface area contributed by atoms with Gasteiger partial charge in [-0.05, 0) is 18.4 Å². The van der Waals surface area contributed by atoms with Crippen LogP contribution < -0.4 is 10.6 Å². The zero-order valence-corrected chi connectivity index (χ0v) is 13.5. The molecule has 0 fully saturated rings. The number of carbonyl (C=O) groups excluding carboxylic acids is 1. The van der Waals surface area contributed by atoms with E-state index in [1.54, 1.807) is 24.3 Å². The third-order valence-electron chi connectivity index (χ3n) is 3.44. The normalized spacial score (nSPS) is 12.0. The Labute approximate surface area is 138 Å². The number of amides is 1. The van der Waals surface area contributed by atoms with Gasteiger partial charge in [-0.2, -0.15) is 0 Å². The first-order chi connectivity index (χ1) is 11.2. The third-order valence-corrected chi connectivity index (χ3v) is 4.40. The molecule has 23 heavy (non-hydrogen) atoms. The van der Waals surface area contributed by atoms with Crippen LogP contribution in [0.5, 0.6) is 0 Å². The van der Waals surface area contributed by atoms with Gasteiger partial charge >= 0.3 is 0 Å². The number of hydrogen-bond donors (Lipinski definition) is 2. The van der Waals surface area contributed by atoms with Crippen molar-refractivity contribution in [1.82, 2.24) is 5.16 Å². The fourth-order valence-electron chi connectivity index (χ4n) is 2.39. The van der Waals surface area contributed by atoms with Gasteiger partial charge in [-0.3, -0.25) is 4.79 Å². The van der Waals surface area contributed by atoms with E-state index in [2.05, 4.69) is 34.1 Å². The average Bonchev–Trinajstić information content (AvgIpc) is 3.21. The van der Waals surface area contributed by atoms with Crippen LogP contribution in [0.25, 0.3) is 0 Å². The molecular weight excluding hydrogens is 310 g/mol. The highest BCUT2D eigenvalue weighted by atomic mass is 32.1. The molecule has 3 rings (SSSR count). The smallest absolute Gasteiger partial charge is 0.280 e. The number of thiophene rings is 1. The first kappa shape index (κ1) is 15.5. The molecule has 3 aromatic rings. The number of rotatable bonds is 6. The van der Waals surface area contributed by atoms with E-state index in [4.69, 9.17) is 4.52 Å². The van der Waals surface area contributed by atoms with E-state index in [9.17, 15) is 4.79 Å². The van der Waals surface area contributed by atoms with Gasteiger partial charge in [-0.1, -0.05) is 41.6 Å². The molecule has 0 aliphatic rings. The Balaban J connectivity index is 1.66. The molecule has 118 valence electrons. The maximum atomic E-state index is 12.1. The highest BCUT2D eigenvalue weighted by molar-refractivity contribution is 7.10. The number of aromatic nitrogens is 1. The summed E-state index contributed by atoms with van der Waals surface area (Å²) in [6.45, 7) is 2.10. The van der Waals surface area contributed by atoms with E-state index in [0.717, 1.165) is 0 Å². The van der Waals surface area contributed by atoms with Crippen molar-refractivity contribution in [3.05, 3.63) is 70.1 Å². The second kappa shape index (κ2) is 7.21. The lowest BCUT2D eigenvalue weighted by Crippen LogP contribution is -2.87. The second-order valence-corrected chi connectivity index (χ2v) is 6.19. The highest BCUT2D eigenvalue weighted by Gasteiger charge is 2.20. The molecule has 1 atom stereocenters. The van der Waals surface area contributed by atoms with Crippen molar-refractivity contribution in [3.63, 3.8) is 0 Å². The van der Waals surface area contributed by atoms with Gasteiger partial charge in [0.1, 0.15) is 11.8 Å².